The Labute approximate surface area is 133 Å². The highest BCUT2D eigenvalue weighted by molar-refractivity contribution is 6.30. The second-order valence-corrected chi connectivity index (χ2v) is 6.44. The van der Waals surface area contributed by atoms with E-state index in [-0.39, 0.29) is 10.9 Å². The maximum absolute atomic E-state index is 14.1. The van der Waals surface area contributed by atoms with Crippen LogP contribution >= 0.6 is 11.6 Å². The molecule has 2 aliphatic heterocycles. The molecule has 3 unspecified atom stereocenters. The molecule has 1 N–H and O–H groups in total. The monoisotopic (exact) mass is 328 g/mol. The van der Waals surface area contributed by atoms with E-state index in [4.69, 9.17) is 11.6 Å². The number of carbonyl (C=O) groups is 1. The molecular weight excluding hydrogens is 310 g/mol. The molecule has 2 heterocycles. The van der Waals surface area contributed by atoms with Crippen molar-refractivity contribution in [3.63, 3.8) is 0 Å². The Balaban J connectivity index is 1.83. The Morgan fingerprint density at radius 3 is 2.82 bits per heavy atom. The summed E-state index contributed by atoms with van der Waals surface area (Å²) in [5.74, 6) is -1.00. The fourth-order valence-electron chi connectivity index (χ4n) is 3.43. The molecule has 6 heteroatoms. The fraction of sp³-hybridized carbons (Fsp3) is 0.562. The Morgan fingerprint density at radius 1 is 1.27 bits per heavy atom. The minimum Gasteiger partial charge on any atom is -0.335 e. The lowest BCUT2D eigenvalue weighted by Gasteiger charge is -2.41. The number of hydrogen-bond donors (Lipinski definition) is 1. The minimum absolute atomic E-state index is 0.121. The molecule has 0 aromatic heterocycles. The van der Waals surface area contributed by atoms with Crippen molar-refractivity contribution in [2.75, 3.05) is 19.6 Å². The molecule has 1 amide bonds. The van der Waals surface area contributed by atoms with Crippen molar-refractivity contribution in [3.8, 4) is 0 Å². The van der Waals surface area contributed by atoms with Gasteiger partial charge in [-0.15, -0.1) is 0 Å². The summed E-state index contributed by atoms with van der Waals surface area (Å²) in [5.41, 5.74) is 0.582. The molecule has 0 saturated carbocycles. The summed E-state index contributed by atoms with van der Waals surface area (Å²) in [6, 6.07) is 3.78. The van der Waals surface area contributed by atoms with E-state index in [1.165, 1.54) is 12.1 Å². The van der Waals surface area contributed by atoms with E-state index in [2.05, 4.69) is 5.32 Å². The largest absolute Gasteiger partial charge is 0.335 e. The standard InChI is InChI=1S/C16H19ClF2N2O/c17-11-6-10(7-12(18)8-11)13-2-1-5-21(16(13)22)15-9-20-4-3-14(15)19/h6-8,13-15,20H,1-5,9H2. The maximum atomic E-state index is 14.1. The van der Waals surface area contributed by atoms with Gasteiger partial charge in [-0.1, -0.05) is 11.6 Å². The molecule has 0 radical (unpaired) electrons. The molecule has 0 spiro atoms. The molecule has 0 aliphatic carbocycles. The number of piperidine rings is 2. The number of nitrogens with zero attached hydrogens (tertiary/aromatic N) is 1. The zero-order valence-electron chi connectivity index (χ0n) is 12.2. The first-order chi connectivity index (χ1) is 10.6. The van der Waals surface area contributed by atoms with Crippen LogP contribution in [0.2, 0.25) is 5.02 Å². The van der Waals surface area contributed by atoms with Gasteiger partial charge in [-0.2, -0.15) is 0 Å². The molecule has 1 aromatic carbocycles. The second-order valence-electron chi connectivity index (χ2n) is 6.01. The van der Waals surface area contributed by atoms with Crippen LogP contribution in [0.15, 0.2) is 18.2 Å². The fourth-order valence-corrected chi connectivity index (χ4v) is 3.66. The highest BCUT2D eigenvalue weighted by Gasteiger charge is 2.38. The van der Waals surface area contributed by atoms with Gasteiger partial charge in [-0.05, 0) is 49.6 Å². The Morgan fingerprint density at radius 2 is 2.09 bits per heavy atom. The third-order valence-corrected chi connectivity index (χ3v) is 4.75. The van der Waals surface area contributed by atoms with Crippen molar-refractivity contribution in [1.82, 2.24) is 10.2 Å². The highest BCUT2D eigenvalue weighted by Crippen LogP contribution is 2.32. The summed E-state index contributed by atoms with van der Waals surface area (Å²) >= 11 is 5.89. The molecule has 120 valence electrons. The van der Waals surface area contributed by atoms with Crippen LogP contribution in [-0.2, 0) is 4.79 Å². The number of alkyl halides is 1. The van der Waals surface area contributed by atoms with Crippen LogP contribution in [0.1, 0.15) is 30.7 Å². The maximum Gasteiger partial charge on any atom is 0.230 e. The molecule has 22 heavy (non-hydrogen) atoms. The number of carbonyl (C=O) groups excluding carboxylic acids is 1. The highest BCUT2D eigenvalue weighted by atomic mass is 35.5. The molecular formula is C16H19ClF2N2O. The average molecular weight is 329 g/mol. The van der Waals surface area contributed by atoms with E-state index in [9.17, 15) is 13.6 Å². The van der Waals surface area contributed by atoms with Gasteiger partial charge in [-0.3, -0.25) is 4.79 Å². The van der Waals surface area contributed by atoms with Crippen molar-refractivity contribution in [1.29, 1.82) is 0 Å². The predicted octanol–water partition coefficient (Wildman–Crippen LogP) is 2.89. The molecule has 0 bridgehead atoms. The third kappa shape index (κ3) is 3.10. The van der Waals surface area contributed by atoms with E-state index in [1.54, 1.807) is 11.0 Å². The number of benzene rings is 1. The van der Waals surface area contributed by atoms with Crippen molar-refractivity contribution >= 4 is 17.5 Å². The van der Waals surface area contributed by atoms with Gasteiger partial charge >= 0.3 is 0 Å². The van der Waals surface area contributed by atoms with E-state index < -0.39 is 23.9 Å². The van der Waals surface area contributed by atoms with Crippen molar-refractivity contribution in [3.05, 3.63) is 34.6 Å². The van der Waals surface area contributed by atoms with Crippen molar-refractivity contribution < 1.29 is 13.6 Å². The smallest absolute Gasteiger partial charge is 0.230 e. The zero-order chi connectivity index (χ0) is 15.7. The predicted molar refractivity (Wildman–Crippen MR) is 81.3 cm³/mol. The van der Waals surface area contributed by atoms with Gasteiger partial charge in [0.15, 0.2) is 0 Å². The van der Waals surface area contributed by atoms with Gasteiger partial charge in [0.25, 0.3) is 0 Å². The number of nitrogens with one attached hydrogen (secondary N) is 1. The van der Waals surface area contributed by atoms with Gasteiger partial charge < -0.3 is 10.2 Å². The Bertz CT molecular complexity index is 549. The summed E-state index contributed by atoms with van der Waals surface area (Å²) in [6.45, 7) is 1.68. The van der Waals surface area contributed by atoms with Gasteiger partial charge in [0.05, 0.1) is 12.0 Å². The summed E-state index contributed by atoms with van der Waals surface area (Å²) < 4.78 is 27.7. The summed E-state index contributed by atoms with van der Waals surface area (Å²) in [6.07, 6.45) is 0.852. The minimum atomic E-state index is -1.000. The molecule has 3 rings (SSSR count). The van der Waals surface area contributed by atoms with Crippen LogP contribution in [-0.4, -0.2) is 42.7 Å². The van der Waals surface area contributed by atoms with E-state index in [1.807, 2.05) is 0 Å². The summed E-state index contributed by atoms with van der Waals surface area (Å²) in [4.78, 5) is 14.4. The number of hydrogen-bond acceptors (Lipinski definition) is 2. The van der Waals surface area contributed by atoms with Gasteiger partial charge in [0, 0.05) is 18.1 Å². The number of likely N-dealkylation sites (tertiary alicyclic amines) is 1. The second kappa shape index (κ2) is 6.50. The Kier molecular flexibility index (Phi) is 4.64. The normalized spacial score (nSPS) is 29.7. The SMILES string of the molecule is O=C1C(c2cc(F)cc(Cl)c2)CCCN1C1CNCCC1F. The lowest BCUT2D eigenvalue weighted by molar-refractivity contribution is -0.139. The summed E-state index contributed by atoms with van der Waals surface area (Å²) in [7, 11) is 0. The number of rotatable bonds is 2. The van der Waals surface area contributed by atoms with Crippen LogP contribution in [0.5, 0.6) is 0 Å². The first kappa shape index (κ1) is 15.7. The first-order valence-corrected chi connectivity index (χ1v) is 8.05. The molecule has 2 aliphatic rings. The molecule has 2 saturated heterocycles. The van der Waals surface area contributed by atoms with Crippen molar-refractivity contribution in [2.24, 2.45) is 0 Å². The lowest BCUT2D eigenvalue weighted by atomic mass is 9.88. The molecule has 1 aromatic rings. The molecule has 3 atom stereocenters. The molecule has 3 nitrogen and oxygen atoms in total. The number of halogens is 3. The van der Waals surface area contributed by atoms with Crippen LogP contribution in [0.4, 0.5) is 8.78 Å². The third-order valence-electron chi connectivity index (χ3n) is 4.53. The summed E-state index contributed by atoms with van der Waals surface area (Å²) in [5, 5.41) is 3.42. The van der Waals surface area contributed by atoms with Gasteiger partial charge in [-0.25, -0.2) is 8.78 Å². The number of amides is 1. The van der Waals surface area contributed by atoms with E-state index in [0.717, 1.165) is 6.42 Å². The average Bonchev–Trinajstić information content (AvgIpc) is 2.47. The van der Waals surface area contributed by atoms with Crippen LogP contribution in [0.3, 0.4) is 0 Å². The van der Waals surface area contributed by atoms with Gasteiger partial charge in [0.2, 0.25) is 5.91 Å². The van der Waals surface area contributed by atoms with Gasteiger partial charge in [0.1, 0.15) is 12.0 Å². The van der Waals surface area contributed by atoms with Crippen LogP contribution in [0.25, 0.3) is 0 Å². The van der Waals surface area contributed by atoms with E-state index >= 15 is 0 Å². The first-order valence-electron chi connectivity index (χ1n) is 7.67. The van der Waals surface area contributed by atoms with E-state index in [0.29, 0.717) is 38.0 Å². The lowest BCUT2D eigenvalue weighted by Crippen LogP contribution is -2.57. The van der Waals surface area contributed by atoms with Crippen LogP contribution in [0, 0.1) is 5.82 Å². The molecule has 2 fully saturated rings. The van der Waals surface area contributed by atoms with Crippen LogP contribution < -0.4 is 5.32 Å². The van der Waals surface area contributed by atoms with Crippen molar-refractivity contribution in [2.45, 2.75) is 37.4 Å². The quantitative estimate of drug-likeness (QED) is 0.905. The topological polar surface area (TPSA) is 32.3 Å². The Hall–Kier alpha value is -1.20. The zero-order valence-corrected chi connectivity index (χ0v) is 13.0.